The van der Waals surface area contributed by atoms with Crippen molar-refractivity contribution in [2.24, 2.45) is 0 Å². The molecule has 0 fully saturated rings. The molecule has 0 aliphatic rings. The summed E-state index contributed by atoms with van der Waals surface area (Å²) in [6, 6.07) is 8.57. The normalized spacial score (nSPS) is 12.0. The Morgan fingerprint density at radius 1 is 1.36 bits per heavy atom. The summed E-state index contributed by atoms with van der Waals surface area (Å²) in [5.41, 5.74) is 0.899. The van der Waals surface area contributed by atoms with E-state index in [2.05, 4.69) is 10.3 Å². The van der Waals surface area contributed by atoms with Gasteiger partial charge in [0, 0.05) is 11.9 Å². The van der Waals surface area contributed by atoms with Gasteiger partial charge >= 0.3 is 5.97 Å². The molecule has 0 saturated heterocycles. The second-order valence-electron chi connectivity index (χ2n) is 4.85. The van der Waals surface area contributed by atoms with Crippen molar-refractivity contribution in [2.75, 3.05) is 6.54 Å². The first kappa shape index (κ1) is 16.2. The highest BCUT2D eigenvalue weighted by atomic mass is 35.5. The molecule has 1 atom stereocenters. The van der Waals surface area contributed by atoms with Crippen LogP contribution in [-0.4, -0.2) is 29.5 Å². The van der Waals surface area contributed by atoms with Crippen molar-refractivity contribution in [3.63, 3.8) is 0 Å². The molecular weight excluding hydrogens is 304 g/mol. The number of para-hydroxylation sites is 1. The van der Waals surface area contributed by atoms with E-state index in [1.54, 1.807) is 18.2 Å². The number of ether oxygens (including phenoxy) is 1. The minimum Gasteiger partial charge on any atom is -0.449 e. The Kier molecular flexibility index (Phi) is 5.33. The van der Waals surface area contributed by atoms with Crippen molar-refractivity contribution < 1.29 is 14.3 Å². The number of aromatic nitrogens is 1. The van der Waals surface area contributed by atoms with Gasteiger partial charge in [0.2, 0.25) is 0 Å². The molecule has 1 N–H and O–H groups in total. The van der Waals surface area contributed by atoms with Crippen LogP contribution in [0.15, 0.2) is 30.3 Å². The van der Waals surface area contributed by atoms with Gasteiger partial charge in [0.05, 0.1) is 11.1 Å². The molecular formula is C16H17ClN2O3. The van der Waals surface area contributed by atoms with E-state index in [4.69, 9.17) is 16.3 Å². The maximum Gasteiger partial charge on any atom is 0.339 e. The van der Waals surface area contributed by atoms with E-state index in [9.17, 15) is 9.59 Å². The fraction of sp³-hybridized carbons (Fsp3) is 0.312. The van der Waals surface area contributed by atoms with Gasteiger partial charge in [0.1, 0.15) is 5.15 Å². The first-order valence-electron chi connectivity index (χ1n) is 7.07. The van der Waals surface area contributed by atoms with Crippen LogP contribution < -0.4 is 5.32 Å². The number of halogens is 1. The largest absolute Gasteiger partial charge is 0.449 e. The third kappa shape index (κ3) is 3.74. The number of rotatable bonds is 5. The summed E-state index contributed by atoms with van der Waals surface area (Å²) in [5, 5.41) is 3.52. The number of fused-ring (bicyclic) bond motifs is 1. The number of hydrogen-bond donors (Lipinski definition) is 1. The van der Waals surface area contributed by atoms with Crippen LogP contribution in [0.2, 0.25) is 5.15 Å². The molecule has 0 aliphatic carbocycles. The van der Waals surface area contributed by atoms with E-state index in [1.807, 2.05) is 13.0 Å². The average molecular weight is 321 g/mol. The quantitative estimate of drug-likeness (QED) is 0.679. The Balaban J connectivity index is 2.21. The van der Waals surface area contributed by atoms with E-state index in [0.29, 0.717) is 23.0 Å². The second kappa shape index (κ2) is 7.22. The SMILES string of the molecule is CCCNC(=O)[C@H](C)OC(=O)c1cc(Cl)nc2ccccc12. The topological polar surface area (TPSA) is 68.3 Å². The molecule has 116 valence electrons. The first-order chi connectivity index (χ1) is 10.5. The smallest absolute Gasteiger partial charge is 0.339 e. The highest BCUT2D eigenvalue weighted by Crippen LogP contribution is 2.21. The summed E-state index contributed by atoms with van der Waals surface area (Å²) in [7, 11) is 0. The van der Waals surface area contributed by atoms with Crippen molar-refractivity contribution >= 4 is 34.4 Å². The molecule has 1 heterocycles. The Bertz CT molecular complexity index is 703. The van der Waals surface area contributed by atoms with Crippen LogP contribution in [-0.2, 0) is 9.53 Å². The summed E-state index contributed by atoms with van der Waals surface area (Å²) in [4.78, 5) is 28.2. The van der Waals surface area contributed by atoms with Crippen LogP contribution >= 0.6 is 11.6 Å². The van der Waals surface area contributed by atoms with Crippen molar-refractivity contribution in [3.05, 3.63) is 41.0 Å². The monoisotopic (exact) mass is 320 g/mol. The number of nitrogens with one attached hydrogen (secondary N) is 1. The van der Waals surface area contributed by atoms with Gasteiger partial charge in [0.25, 0.3) is 5.91 Å². The molecule has 0 aliphatic heterocycles. The number of hydrogen-bond acceptors (Lipinski definition) is 4. The van der Waals surface area contributed by atoms with Crippen molar-refractivity contribution in [3.8, 4) is 0 Å². The molecule has 6 heteroatoms. The van der Waals surface area contributed by atoms with Crippen LogP contribution in [0, 0.1) is 0 Å². The molecule has 1 amide bonds. The lowest BCUT2D eigenvalue weighted by Crippen LogP contribution is -2.36. The highest BCUT2D eigenvalue weighted by Gasteiger charge is 2.20. The lowest BCUT2D eigenvalue weighted by atomic mass is 10.1. The van der Waals surface area contributed by atoms with Crippen LogP contribution in [0.3, 0.4) is 0 Å². The lowest BCUT2D eigenvalue weighted by Gasteiger charge is -2.14. The fourth-order valence-electron chi connectivity index (χ4n) is 1.98. The number of benzene rings is 1. The van der Waals surface area contributed by atoms with Gasteiger partial charge in [-0.1, -0.05) is 36.7 Å². The van der Waals surface area contributed by atoms with E-state index in [0.717, 1.165) is 6.42 Å². The summed E-state index contributed by atoms with van der Waals surface area (Å²) >= 11 is 5.94. The van der Waals surface area contributed by atoms with Gasteiger partial charge in [-0.25, -0.2) is 9.78 Å². The molecule has 1 aromatic carbocycles. The van der Waals surface area contributed by atoms with Crippen LogP contribution in [0.5, 0.6) is 0 Å². The number of carbonyl (C=O) groups excluding carboxylic acids is 2. The van der Waals surface area contributed by atoms with Gasteiger partial charge in [-0.3, -0.25) is 4.79 Å². The zero-order valence-electron chi connectivity index (χ0n) is 12.4. The Labute approximate surface area is 133 Å². The van der Waals surface area contributed by atoms with Crippen LogP contribution in [0.25, 0.3) is 10.9 Å². The number of nitrogens with zero attached hydrogens (tertiary/aromatic N) is 1. The molecule has 0 saturated carbocycles. The van der Waals surface area contributed by atoms with Crippen molar-refractivity contribution in [2.45, 2.75) is 26.4 Å². The predicted molar refractivity (Wildman–Crippen MR) is 84.9 cm³/mol. The van der Waals surface area contributed by atoms with Crippen molar-refractivity contribution in [1.29, 1.82) is 0 Å². The van der Waals surface area contributed by atoms with E-state index < -0.39 is 12.1 Å². The predicted octanol–water partition coefficient (Wildman–Crippen LogP) is 2.96. The fourth-order valence-corrected chi connectivity index (χ4v) is 2.18. The molecule has 22 heavy (non-hydrogen) atoms. The van der Waals surface area contributed by atoms with E-state index in [1.165, 1.54) is 13.0 Å². The van der Waals surface area contributed by atoms with Gasteiger partial charge in [0.15, 0.2) is 6.10 Å². The van der Waals surface area contributed by atoms with Crippen LogP contribution in [0.4, 0.5) is 0 Å². The number of pyridine rings is 1. The van der Waals surface area contributed by atoms with E-state index in [-0.39, 0.29) is 11.1 Å². The van der Waals surface area contributed by atoms with Gasteiger partial charge in [-0.15, -0.1) is 0 Å². The van der Waals surface area contributed by atoms with Crippen molar-refractivity contribution in [1.82, 2.24) is 10.3 Å². The Hall–Kier alpha value is -2.14. The third-order valence-electron chi connectivity index (χ3n) is 3.11. The van der Waals surface area contributed by atoms with Gasteiger partial charge in [-0.2, -0.15) is 0 Å². The van der Waals surface area contributed by atoms with Gasteiger partial charge in [-0.05, 0) is 25.5 Å². The van der Waals surface area contributed by atoms with Gasteiger partial charge < -0.3 is 10.1 Å². The average Bonchev–Trinajstić information content (AvgIpc) is 2.51. The zero-order valence-corrected chi connectivity index (χ0v) is 13.2. The third-order valence-corrected chi connectivity index (χ3v) is 3.30. The molecule has 0 unspecified atom stereocenters. The van der Waals surface area contributed by atoms with E-state index >= 15 is 0 Å². The maximum atomic E-state index is 12.3. The molecule has 0 bridgehead atoms. The molecule has 2 aromatic rings. The molecule has 0 radical (unpaired) electrons. The summed E-state index contributed by atoms with van der Waals surface area (Å²) in [6.07, 6.45) is -0.0541. The minimum atomic E-state index is -0.871. The summed E-state index contributed by atoms with van der Waals surface area (Å²) < 4.78 is 5.22. The molecule has 2 rings (SSSR count). The zero-order chi connectivity index (χ0) is 16.1. The summed E-state index contributed by atoms with van der Waals surface area (Å²) in [5.74, 6) is -0.917. The second-order valence-corrected chi connectivity index (χ2v) is 5.24. The Morgan fingerprint density at radius 2 is 2.09 bits per heavy atom. The maximum absolute atomic E-state index is 12.3. The minimum absolute atomic E-state index is 0.203. The molecule has 5 nitrogen and oxygen atoms in total. The number of carbonyl (C=O) groups is 2. The van der Waals surface area contributed by atoms with Crippen LogP contribution in [0.1, 0.15) is 30.6 Å². The number of esters is 1. The highest BCUT2D eigenvalue weighted by molar-refractivity contribution is 6.30. The molecule has 1 aromatic heterocycles. The number of amides is 1. The Morgan fingerprint density at radius 3 is 2.82 bits per heavy atom. The summed E-state index contributed by atoms with van der Waals surface area (Å²) in [6.45, 7) is 4.03. The lowest BCUT2D eigenvalue weighted by molar-refractivity contribution is -0.129. The molecule has 0 spiro atoms. The first-order valence-corrected chi connectivity index (χ1v) is 7.44. The standard InChI is InChI=1S/C16H17ClN2O3/c1-3-8-18-15(20)10(2)22-16(21)12-9-14(17)19-13-7-5-4-6-11(12)13/h4-7,9-10H,3,8H2,1-2H3,(H,18,20)/t10-/m0/s1.